The van der Waals surface area contributed by atoms with Gasteiger partial charge in [0, 0.05) is 63.4 Å². The van der Waals surface area contributed by atoms with E-state index in [-0.39, 0.29) is 5.92 Å². The molecule has 0 atom stereocenters. The second-order valence-corrected chi connectivity index (χ2v) is 5.40. The minimum Gasteiger partial charge on any atom is -0.381 e. The lowest BCUT2D eigenvalue weighted by molar-refractivity contribution is -0.138. The number of ether oxygens (including phenoxy) is 1. The van der Waals surface area contributed by atoms with Gasteiger partial charge in [-0.25, -0.2) is 0 Å². The van der Waals surface area contributed by atoms with Gasteiger partial charge in [-0.3, -0.25) is 9.78 Å². The Kier molecular flexibility index (Phi) is 4.16. The summed E-state index contributed by atoms with van der Waals surface area (Å²) in [5.41, 5.74) is 1.19. The van der Waals surface area contributed by atoms with Crippen molar-refractivity contribution in [1.82, 2.24) is 9.88 Å². The average molecular weight is 275 g/mol. The van der Waals surface area contributed by atoms with Crippen LogP contribution in [-0.2, 0) is 9.53 Å². The van der Waals surface area contributed by atoms with Gasteiger partial charge in [0.1, 0.15) is 0 Å². The lowest BCUT2D eigenvalue weighted by Crippen LogP contribution is -2.51. The predicted molar refractivity (Wildman–Crippen MR) is 76.6 cm³/mol. The SMILES string of the molecule is O=C(C1CCOCC1)N1CCN(c2ccncc2)CC1. The number of nitrogens with zero attached hydrogens (tertiary/aromatic N) is 3. The lowest BCUT2D eigenvalue weighted by Gasteiger charge is -2.38. The quantitative estimate of drug-likeness (QED) is 0.812. The van der Waals surface area contributed by atoms with Crippen LogP contribution >= 0.6 is 0 Å². The molecule has 108 valence electrons. The molecule has 3 rings (SSSR count). The van der Waals surface area contributed by atoms with Crippen molar-refractivity contribution in [2.45, 2.75) is 12.8 Å². The van der Waals surface area contributed by atoms with Gasteiger partial charge in [-0.05, 0) is 25.0 Å². The first-order chi connectivity index (χ1) is 9.84. The van der Waals surface area contributed by atoms with E-state index in [2.05, 4.69) is 9.88 Å². The zero-order valence-electron chi connectivity index (χ0n) is 11.7. The van der Waals surface area contributed by atoms with Gasteiger partial charge in [-0.15, -0.1) is 0 Å². The van der Waals surface area contributed by atoms with E-state index in [1.54, 1.807) is 0 Å². The van der Waals surface area contributed by atoms with Gasteiger partial charge >= 0.3 is 0 Å². The fraction of sp³-hybridized carbons (Fsp3) is 0.600. The Morgan fingerprint density at radius 1 is 1.10 bits per heavy atom. The molecular formula is C15H21N3O2. The lowest BCUT2D eigenvalue weighted by atomic mass is 9.98. The van der Waals surface area contributed by atoms with Gasteiger partial charge in [0.15, 0.2) is 0 Å². The first-order valence-corrected chi connectivity index (χ1v) is 7.36. The van der Waals surface area contributed by atoms with Crippen molar-refractivity contribution in [3.8, 4) is 0 Å². The summed E-state index contributed by atoms with van der Waals surface area (Å²) in [4.78, 5) is 20.8. The van der Waals surface area contributed by atoms with Crippen LogP contribution in [0.2, 0.25) is 0 Å². The van der Waals surface area contributed by atoms with Crippen LogP contribution in [0.3, 0.4) is 0 Å². The monoisotopic (exact) mass is 275 g/mol. The van der Waals surface area contributed by atoms with Gasteiger partial charge in [0.2, 0.25) is 5.91 Å². The molecule has 0 bridgehead atoms. The summed E-state index contributed by atoms with van der Waals surface area (Å²) in [5.74, 6) is 0.499. The second-order valence-electron chi connectivity index (χ2n) is 5.40. The molecular weight excluding hydrogens is 254 g/mol. The van der Waals surface area contributed by atoms with Gasteiger partial charge in [0.25, 0.3) is 0 Å². The first-order valence-electron chi connectivity index (χ1n) is 7.36. The van der Waals surface area contributed by atoms with E-state index in [1.165, 1.54) is 5.69 Å². The molecule has 2 saturated heterocycles. The number of pyridine rings is 1. The molecule has 20 heavy (non-hydrogen) atoms. The Bertz CT molecular complexity index is 438. The van der Waals surface area contributed by atoms with Crippen molar-refractivity contribution in [3.05, 3.63) is 24.5 Å². The molecule has 1 aromatic rings. The molecule has 0 aliphatic carbocycles. The zero-order valence-corrected chi connectivity index (χ0v) is 11.7. The summed E-state index contributed by atoms with van der Waals surface area (Å²) >= 11 is 0. The highest BCUT2D eigenvalue weighted by molar-refractivity contribution is 5.79. The molecule has 2 aliphatic heterocycles. The molecule has 5 heteroatoms. The molecule has 2 aliphatic rings. The maximum atomic E-state index is 12.4. The van der Waals surface area contributed by atoms with Crippen LogP contribution in [0.1, 0.15) is 12.8 Å². The molecule has 3 heterocycles. The third kappa shape index (κ3) is 2.93. The van der Waals surface area contributed by atoms with Crippen molar-refractivity contribution in [1.29, 1.82) is 0 Å². The number of piperazine rings is 1. The van der Waals surface area contributed by atoms with Crippen LogP contribution in [0.25, 0.3) is 0 Å². The van der Waals surface area contributed by atoms with Crippen LogP contribution in [0.4, 0.5) is 5.69 Å². The van der Waals surface area contributed by atoms with E-state index < -0.39 is 0 Å². The maximum Gasteiger partial charge on any atom is 0.225 e. The molecule has 1 aromatic heterocycles. The van der Waals surface area contributed by atoms with Gasteiger partial charge < -0.3 is 14.5 Å². The highest BCUT2D eigenvalue weighted by atomic mass is 16.5. The van der Waals surface area contributed by atoms with Gasteiger partial charge in [-0.2, -0.15) is 0 Å². The van der Waals surface area contributed by atoms with Crippen LogP contribution < -0.4 is 4.90 Å². The van der Waals surface area contributed by atoms with Crippen molar-refractivity contribution in [2.75, 3.05) is 44.3 Å². The van der Waals surface area contributed by atoms with E-state index in [0.717, 1.165) is 52.2 Å². The minimum atomic E-state index is 0.177. The predicted octanol–water partition coefficient (Wildman–Crippen LogP) is 1.16. The number of aromatic nitrogens is 1. The van der Waals surface area contributed by atoms with Crippen LogP contribution in [-0.4, -0.2) is 55.2 Å². The third-order valence-electron chi connectivity index (χ3n) is 4.19. The van der Waals surface area contributed by atoms with E-state index >= 15 is 0 Å². The summed E-state index contributed by atoms with van der Waals surface area (Å²) in [6, 6.07) is 4.05. The van der Waals surface area contributed by atoms with E-state index in [0.29, 0.717) is 5.91 Å². The Hall–Kier alpha value is -1.62. The first kappa shape index (κ1) is 13.4. The summed E-state index contributed by atoms with van der Waals surface area (Å²) in [6.45, 7) is 4.90. The van der Waals surface area contributed by atoms with Crippen LogP contribution in [0.5, 0.6) is 0 Å². The standard InChI is InChI=1S/C15H21N3O2/c19-15(13-3-11-20-12-4-13)18-9-7-17(8-10-18)14-1-5-16-6-2-14/h1-2,5-6,13H,3-4,7-12H2. The normalized spacial score (nSPS) is 21.0. The molecule has 1 amide bonds. The highest BCUT2D eigenvalue weighted by Gasteiger charge is 2.28. The number of carbonyl (C=O) groups excluding carboxylic acids is 1. The number of amides is 1. The zero-order chi connectivity index (χ0) is 13.8. The summed E-state index contributed by atoms with van der Waals surface area (Å²) < 4.78 is 5.33. The second kappa shape index (κ2) is 6.22. The largest absolute Gasteiger partial charge is 0.381 e. The highest BCUT2D eigenvalue weighted by Crippen LogP contribution is 2.20. The third-order valence-corrected chi connectivity index (χ3v) is 4.19. The molecule has 0 saturated carbocycles. The summed E-state index contributed by atoms with van der Waals surface area (Å²) in [5, 5.41) is 0. The number of carbonyl (C=O) groups is 1. The van der Waals surface area contributed by atoms with Crippen molar-refractivity contribution >= 4 is 11.6 Å². The smallest absolute Gasteiger partial charge is 0.225 e. The molecule has 0 unspecified atom stereocenters. The van der Waals surface area contributed by atoms with Crippen molar-refractivity contribution < 1.29 is 9.53 Å². The van der Waals surface area contributed by atoms with Crippen LogP contribution in [0, 0.1) is 5.92 Å². The Labute approximate surface area is 119 Å². The number of hydrogen-bond donors (Lipinski definition) is 0. The Morgan fingerprint density at radius 2 is 1.75 bits per heavy atom. The van der Waals surface area contributed by atoms with Crippen molar-refractivity contribution in [2.24, 2.45) is 5.92 Å². The van der Waals surface area contributed by atoms with Gasteiger partial charge in [-0.1, -0.05) is 0 Å². The topological polar surface area (TPSA) is 45.7 Å². The average Bonchev–Trinajstić information content (AvgIpc) is 2.56. The van der Waals surface area contributed by atoms with Crippen LogP contribution in [0.15, 0.2) is 24.5 Å². The molecule has 2 fully saturated rings. The van der Waals surface area contributed by atoms with E-state index in [1.807, 2.05) is 29.4 Å². The van der Waals surface area contributed by atoms with E-state index in [4.69, 9.17) is 4.74 Å². The summed E-state index contributed by atoms with van der Waals surface area (Å²) in [7, 11) is 0. The Balaban J connectivity index is 1.54. The minimum absolute atomic E-state index is 0.177. The molecule has 0 radical (unpaired) electrons. The Morgan fingerprint density at radius 3 is 2.40 bits per heavy atom. The summed E-state index contributed by atoms with van der Waals surface area (Å²) in [6.07, 6.45) is 5.39. The molecule has 0 aromatic carbocycles. The maximum absolute atomic E-state index is 12.4. The van der Waals surface area contributed by atoms with E-state index in [9.17, 15) is 4.79 Å². The van der Waals surface area contributed by atoms with Crippen molar-refractivity contribution in [3.63, 3.8) is 0 Å². The number of anilines is 1. The number of rotatable bonds is 2. The molecule has 0 N–H and O–H groups in total. The van der Waals surface area contributed by atoms with Gasteiger partial charge in [0.05, 0.1) is 0 Å². The fourth-order valence-electron chi connectivity index (χ4n) is 2.94. The number of hydrogen-bond acceptors (Lipinski definition) is 4. The molecule has 5 nitrogen and oxygen atoms in total. The fourth-order valence-corrected chi connectivity index (χ4v) is 2.94. The molecule has 0 spiro atoms.